The van der Waals surface area contributed by atoms with Gasteiger partial charge in [-0.15, -0.1) is 0 Å². The van der Waals surface area contributed by atoms with E-state index in [0.29, 0.717) is 26.4 Å². The Morgan fingerprint density at radius 2 is 1.90 bits per heavy atom. The van der Waals surface area contributed by atoms with E-state index in [1.165, 1.54) is 0 Å². The van der Waals surface area contributed by atoms with Gasteiger partial charge in [0, 0.05) is 33.3 Å². The monoisotopic (exact) mass is 292 g/mol. The Morgan fingerprint density at radius 1 is 1.15 bits per heavy atom. The maximum Gasteiger partial charge on any atom is 0.0897 e. The first-order chi connectivity index (χ1) is 9.56. The molecule has 0 bridgehead atoms. The van der Waals surface area contributed by atoms with Crippen LogP contribution in [-0.4, -0.2) is 89.0 Å². The summed E-state index contributed by atoms with van der Waals surface area (Å²) in [6, 6.07) is 0. The maximum atomic E-state index is 9.70. The van der Waals surface area contributed by atoms with Crippen molar-refractivity contribution >= 4 is 0 Å². The molecule has 0 aliphatic heterocycles. The lowest BCUT2D eigenvalue weighted by atomic mass is 10.3. The van der Waals surface area contributed by atoms with Gasteiger partial charge in [-0.1, -0.05) is 0 Å². The molecule has 122 valence electrons. The Balaban J connectivity index is 3.29. The smallest absolute Gasteiger partial charge is 0.0897 e. The fourth-order valence-corrected chi connectivity index (χ4v) is 1.52. The summed E-state index contributed by atoms with van der Waals surface area (Å²) in [5.41, 5.74) is 0. The van der Waals surface area contributed by atoms with E-state index in [-0.39, 0.29) is 6.10 Å². The van der Waals surface area contributed by atoms with Crippen molar-refractivity contribution in [1.29, 1.82) is 0 Å². The first kappa shape index (κ1) is 19.8. The van der Waals surface area contributed by atoms with E-state index in [2.05, 4.69) is 17.3 Å². The summed E-state index contributed by atoms with van der Waals surface area (Å²) >= 11 is 0. The minimum atomic E-state index is -0.474. The van der Waals surface area contributed by atoms with Gasteiger partial charge in [-0.2, -0.15) is 0 Å². The summed E-state index contributed by atoms with van der Waals surface area (Å²) in [5, 5.41) is 12.9. The standard InChI is InChI=1S/C14H32N2O4/c1-13(2)20-10-9-19-12-14(17)11-15-5-6-16(3)7-8-18-4/h13-15,17H,5-12H2,1-4H3. The number of aliphatic hydroxyl groups is 1. The average molecular weight is 292 g/mol. The molecular formula is C14H32N2O4. The molecular weight excluding hydrogens is 260 g/mol. The first-order valence-electron chi connectivity index (χ1n) is 7.31. The summed E-state index contributed by atoms with van der Waals surface area (Å²) in [5.74, 6) is 0. The average Bonchev–Trinajstić information content (AvgIpc) is 2.40. The fraction of sp³-hybridized carbons (Fsp3) is 1.00. The number of nitrogens with one attached hydrogen (secondary N) is 1. The van der Waals surface area contributed by atoms with E-state index in [4.69, 9.17) is 14.2 Å². The van der Waals surface area contributed by atoms with E-state index in [1.807, 2.05) is 13.8 Å². The van der Waals surface area contributed by atoms with Crippen LogP contribution in [-0.2, 0) is 14.2 Å². The van der Waals surface area contributed by atoms with Gasteiger partial charge in [-0.3, -0.25) is 0 Å². The largest absolute Gasteiger partial charge is 0.389 e. The van der Waals surface area contributed by atoms with Gasteiger partial charge in [0.25, 0.3) is 0 Å². The van der Waals surface area contributed by atoms with Gasteiger partial charge in [0.2, 0.25) is 0 Å². The Labute approximate surface area is 123 Å². The van der Waals surface area contributed by atoms with Crippen molar-refractivity contribution < 1.29 is 19.3 Å². The number of rotatable bonds is 14. The third-order valence-corrected chi connectivity index (χ3v) is 2.72. The zero-order valence-corrected chi connectivity index (χ0v) is 13.4. The minimum absolute atomic E-state index is 0.222. The third-order valence-electron chi connectivity index (χ3n) is 2.72. The quantitative estimate of drug-likeness (QED) is 0.438. The summed E-state index contributed by atoms with van der Waals surface area (Å²) in [6.07, 6.45) is -0.251. The van der Waals surface area contributed by atoms with Gasteiger partial charge in [-0.25, -0.2) is 0 Å². The Hall–Kier alpha value is -0.240. The number of hydrogen-bond acceptors (Lipinski definition) is 6. The molecule has 1 unspecified atom stereocenters. The van der Waals surface area contributed by atoms with E-state index < -0.39 is 6.10 Å². The van der Waals surface area contributed by atoms with Crippen LogP contribution in [0.5, 0.6) is 0 Å². The highest BCUT2D eigenvalue weighted by Crippen LogP contribution is 1.89. The molecule has 6 nitrogen and oxygen atoms in total. The summed E-state index contributed by atoms with van der Waals surface area (Å²) in [4.78, 5) is 2.18. The van der Waals surface area contributed by atoms with E-state index in [9.17, 15) is 5.11 Å². The highest BCUT2D eigenvalue weighted by Gasteiger charge is 2.04. The van der Waals surface area contributed by atoms with Gasteiger partial charge in [0.1, 0.15) is 0 Å². The number of aliphatic hydroxyl groups excluding tert-OH is 1. The zero-order valence-electron chi connectivity index (χ0n) is 13.4. The second-order valence-corrected chi connectivity index (χ2v) is 5.15. The Kier molecular flexibility index (Phi) is 13.6. The SMILES string of the molecule is COCCN(C)CCNCC(O)COCCOC(C)C. The van der Waals surface area contributed by atoms with Crippen molar-refractivity contribution in [3.63, 3.8) is 0 Å². The maximum absolute atomic E-state index is 9.70. The van der Waals surface area contributed by atoms with Gasteiger partial charge < -0.3 is 29.5 Å². The number of methoxy groups -OCH3 is 1. The number of likely N-dealkylation sites (N-methyl/N-ethyl adjacent to an activating group) is 1. The zero-order chi connectivity index (χ0) is 15.2. The molecule has 0 aromatic rings. The summed E-state index contributed by atoms with van der Waals surface area (Å²) < 4.78 is 15.7. The highest BCUT2D eigenvalue weighted by molar-refractivity contribution is 4.60. The molecule has 0 amide bonds. The number of ether oxygens (including phenoxy) is 3. The van der Waals surface area contributed by atoms with E-state index in [1.54, 1.807) is 7.11 Å². The van der Waals surface area contributed by atoms with Crippen molar-refractivity contribution in [2.75, 3.05) is 66.8 Å². The molecule has 0 radical (unpaired) electrons. The van der Waals surface area contributed by atoms with Crippen molar-refractivity contribution in [2.24, 2.45) is 0 Å². The van der Waals surface area contributed by atoms with E-state index >= 15 is 0 Å². The molecule has 0 heterocycles. The van der Waals surface area contributed by atoms with Crippen LogP contribution in [0.3, 0.4) is 0 Å². The lowest BCUT2D eigenvalue weighted by Gasteiger charge is -2.17. The second-order valence-electron chi connectivity index (χ2n) is 5.15. The molecule has 6 heteroatoms. The van der Waals surface area contributed by atoms with Crippen LogP contribution in [0.15, 0.2) is 0 Å². The molecule has 0 saturated heterocycles. The Morgan fingerprint density at radius 3 is 2.55 bits per heavy atom. The Bertz CT molecular complexity index is 206. The molecule has 0 spiro atoms. The van der Waals surface area contributed by atoms with Crippen LogP contribution in [0.25, 0.3) is 0 Å². The lowest BCUT2D eigenvalue weighted by molar-refractivity contribution is -0.00999. The number of hydrogen-bond donors (Lipinski definition) is 2. The van der Waals surface area contributed by atoms with Gasteiger partial charge >= 0.3 is 0 Å². The van der Waals surface area contributed by atoms with Gasteiger partial charge in [0.15, 0.2) is 0 Å². The van der Waals surface area contributed by atoms with Crippen LogP contribution in [0.1, 0.15) is 13.8 Å². The van der Waals surface area contributed by atoms with Crippen molar-refractivity contribution in [2.45, 2.75) is 26.1 Å². The van der Waals surface area contributed by atoms with Crippen molar-refractivity contribution in [3.8, 4) is 0 Å². The molecule has 2 N–H and O–H groups in total. The summed E-state index contributed by atoms with van der Waals surface area (Å²) in [7, 11) is 3.75. The van der Waals surface area contributed by atoms with Crippen LogP contribution in [0.2, 0.25) is 0 Å². The molecule has 0 fully saturated rings. The second kappa shape index (κ2) is 13.7. The predicted molar refractivity (Wildman–Crippen MR) is 80.2 cm³/mol. The summed E-state index contributed by atoms with van der Waals surface area (Å²) in [6.45, 7) is 9.39. The van der Waals surface area contributed by atoms with Gasteiger partial charge in [0.05, 0.1) is 38.6 Å². The van der Waals surface area contributed by atoms with Crippen molar-refractivity contribution in [3.05, 3.63) is 0 Å². The van der Waals surface area contributed by atoms with Gasteiger partial charge in [-0.05, 0) is 20.9 Å². The topological polar surface area (TPSA) is 63.2 Å². The molecule has 0 saturated carbocycles. The molecule has 0 rings (SSSR count). The van der Waals surface area contributed by atoms with Crippen LogP contribution in [0, 0.1) is 0 Å². The van der Waals surface area contributed by atoms with E-state index in [0.717, 1.165) is 26.2 Å². The van der Waals surface area contributed by atoms with Crippen LogP contribution in [0.4, 0.5) is 0 Å². The molecule has 0 aliphatic carbocycles. The molecule has 20 heavy (non-hydrogen) atoms. The predicted octanol–water partition coefficient (Wildman–Crippen LogP) is -0.0433. The molecule has 0 aromatic carbocycles. The normalized spacial score (nSPS) is 13.3. The first-order valence-corrected chi connectivity index (χ1v) is 7.31. The number of nitrogens with zero attached hydrogens (tertiary/aromatic N) is 1. The van der Waals surface area contributed by atoms with Crippen molar-refractivity contribution in [1.82, 2.24) is 10.2 Å². The minimum Gasteiger partial charge on any atom is -0.389 e. The van der Waals surface area contributed by atoms with Crippen LogP contribution < -0.4 is 5.32 Å². The molecule has 1 atom stereocenters. The third kappa shape index (κ3) is 14.2. The molecule has 0 aliphatic rings. The highest BCUT2D eigenvalue weighted by atomic mass is 16.5. The molecule has 0 aromatic heterocycles. The lowest BCUT2D eigenvalue weighted by Crippen LogP contribution is -2.36. The fourth-order valence-electron chi connectivity index (χ4n) is 1.52. The van der Waals surface area contributed by atoms with Crippen LogP contribution >= 0.6 is 0 Å².